The van der Waals surface area contributed by atoms with Gasteiger partial charge in [-0.1, -0.05) is 0 Å². The molecule has 0 aliphatic rings. The summed E-state index contributed by atoms with van der Waals surface area (Å²) >= 11 is 0. The Hall–Kier alpha value is -1.56. The first-order valence-corrected chi connectivity index (χ1v) is 6.23. The number of aliphatic hydroxyl groups excluding tert-OH is 1. The van der Waals surface area contributed by atoms with Crippen LogP contribution in [0.25, 0.3) is 0 Å². The lowest BCUT2D eigenvalue weighted by Gasteiger charge is -2.17. The molecule has 3 N–H and O–H groups in total. The van der Waals surface area contributed by atoms with Crippen molar-refractivity contribution >= 4 is 11.6 Å². The maximum absolute atomic E-state index is 8.81. The SMILES string of the molecule is CCNc1ncnc(NC(C)CCCO)c1OC. The van der Waals surface area contributed by atoms with E-state index in [0.29, 0.717) is 17.4 Å². The number of nitrogens with zero attached hydrogens (tertiary/aromatic N) is 2. The zero-order chi connectivity index (χ0) is 13.4. The zero-order valence-electron chi connectivity index (χ0n) is 11.2. The molecule has 0 bridgehead atoms. The highest BCUT2D eigenvalue weighted by Gasteiger charge is 2.13. The lowest BCUT2D eigenvalue weighted by molar-refractivity contribution is 0.282. The van der Waals surface area contributed by atoms with Gasteiger partial charge < -0.3 is 20.5 Å². The third-order valence-electron chi connectivity index (χ3n) is 2.53. The quantitative estimate of drug-likeness (QED) is 0.652. The molecule has 0 aliphatic heterocycles. The number of hydrogen-bond donors (Lipinski definition) is 3. The first kappa shape index (κ1) is 14.5. The predicted molar refractivity (Wildman–Crippen MR) is 72.2 cm³/mol. The van der Waals surface area contributed by atoms with Crippen LogP contribution in [0.5, 0.6) is 5.75 Å². The largest absolute Gasteiger partial charge is 0.490 e. The minimum atomic E-state index is 0.204. The van der Waals surface area contributed by atoms with Crippen molar-refractivity contribution in [3.63, 3.8) is 0 Å². The lowest BCUT2D eigenvalue weighted by atomic mass is 10.2. The van der Waals surface area contributed by atoms with Gasteiger partial charge in [-0.05, 0) is 26.7 Å². The molecule has 6 nitrogen and oxygen atoms in total. The summed E-state index contributed by atoms with van der Waals surface area (Å²) in [6.45, 7) is 5.02. The molecule has 0 aliphatic carbocycles. The molecular formula is C12H22N4O2. The third kappa shape index (κ3) is 4.03. The molecule has 0 radical (unpaired) electrons. The molecule has 0 aromatic carbocycles. The smallest absolute Gasteiger partial charge is 0.204 e. The van der Waals surface area contributed by atoms with Gasteiger partial charge in [-0.15, -0.1) is 0 Å². The van der Waals surface area contributed by atoms with E-state index < -0.39 is 0 Å². The van der Waals surface area contributed by atoms with Gasteiger partial charge in [0.25, 0.3) is 0 Å². The van der Waals surface area contributed by atoms with Gasteiger partial charge in [0, 0.05) is 19.2 Å². The van der Waals surface area contributed by atoms with Gasteiger partial charge in [0.2, 0.25) is 5.75 Å². The molecule has 0 saturated carbocycles. The molecule has 1 heterocycles. The van der Waals surface area contributed by atoms with Gasteiger partial charge in [-0.25, -0.2) is 9.97 Å². The normalized spacial score (nSPS) is 12.0. The second-order valence-electron chi connectivity index (χ2n) is 4.05. The van der Waals surface area contributed by atoms with Gasteiger partial charge in [0.05, 0.1) is 7.11 Å². The Kier molecular flexibility index (Phi) is 6.21. The number of aliphatic hydroxyl groups is 1. The van der Waals surface area contributed by atoms with Crippen LogP contribution in [0.15, 0.2) is 6.33 Å². The maximum atomic E-state index is 8.81. The monoisotopic (exact) mass is 254 g/mol. The summed E-state index contributed by atoms with van der Waals surface area (Å²) in [6.07, 6.45) is 3.14. The zero-order valence-corrected chi connectivity index (χ0v) is 11.2. The minimum absolute atomic E-state index is 0.204. The Bertz CT molecular complexity index is 360. The van der Waals surface area contributed by atoms with Crippen LogP contribution in [-0.4, -0.2) is 41.4 Å². The van der Waals surface area contributed by atoms with Crippen LogP contribution in [0.2, 0.25) is 0 Å². The van der Waals surface area contributed by atoms with Crippen molar-refractivity contribution in [3.05, 3.63) is 6.33 Å². The van der Waals surface area contributed by atoms with E-state index in [-0.39, 0.29) is 12.6 Å². The number of nitrogens with one attached hydrogen (secondary N) is 2. The Morgan fingerprint density at radius 3 is 2.72 bits per heavy atom. The predicted octanol–water partition coefficient (Wildman–Crippen LogP) is 1.49. The number of methoxy groups -OCH3 is 1. The highest BCUT2D eigenvalue weighted by Crippen LogP contribution is 2.29. The van der Waals surface area contributed by atoms with Crippen LogP contribution in [0.3, 0.4) is 0 Å². The maximum Gasteiger partial charge on any atom is 0.204 e. The molecule has 1 aromatic heterocycles. The summed E-state index contributed by atoms with van der Waals surface area (Å²) in [7, 11) is 1.60. The molecule has 1 aromatic rings. The molecule has 0 amide bonds. The summed E-state index contributed by atoms with van der Waals surface area (Å²) < 4.78 is 5.33. The van der Waals surface area contributed by atoms with Gasteiger partial charge in [-0.2, -0.15) is 0 Å². The number of aromatic nitrogens is 2. The number of anilines is 2. The third-order valence-corrected chi connectivity index (χ3v) is 2.53. The Labute approximate surface area is 108 Å². The summed E-state index contributed by atoms with van der Waals surface area (Å²) in [5, 5.41) is 15.2. The van der Waals surface area contributed by atoms with E-state index in [1.165, 1.54) is 6.33 Å². The summed E-state index contributed by atoms with van der Waals surface area (Å²) in [5.41, 5.74) is 0. The summed E-state index contributed by atoms with van der Waals surface area (Å²) in [6, 6.07) is 0.218. The van der Waals surface area contributed by atoms with Crippen molar-refractivity contribution < 1.29 is 9.84 Å². The van der Waals surface area contributed by atoms with Gasteiger partial charge >= 0.3 is 0 Å². The van der Waals surface area contributed by atoms with Gasteiger partial charge in [0.1, 0.15) is 6.33 Å². The van der Waals surface area contributed by atoms with E-state index in [1.807, 2.05) is 13.8 Å². The molecule has 102 valence electrons. The van der Waals surface area contributed by atoms with Crippen LogP contribution < -0.4 is 15.4 Å². The highest BCUT2D eigenvalue weighted by molar-refractivity contribution is 5.63. The summed E-state index contributed by atoms with van der Waals surface area (Å²) in [5.74, 6) is 1.98. The highest BCUT2D eigenvalue weighted by atomic mass is 16.5. The van der Waals surface area contributed by atoms with Crippen molar-refractivity contribution in [3.8, 4) is 5.75 Å². The van der Waals surface area contributed by atoms with Gasteiger partial charge in [0.15, 0.2) is 11.6 Å². The Morgan fingerprint density at radius 1 is 1.39 bits per heavy atom. The van der Waals surface area contributed by atoms with Crippen LogP contribution in [0.1, 0.15) is 26.7 Å². The average molecular weight is 254 g/mol. The van der Waals surface area contributed by atoms with Crippen LogP contribution in [-0.2, 0) is 0 Å². The lowest BCUT2D eigenvalue weighted by Crippen LogP contribution is -2.18. The molecular weight excluding hydrogens is 232 g/mol. The molecule has 1 atom stereocenters. The molecule has 1 unspecified atom stereocenters. The fourth-order valence-corrected chi connectivity index (χ4v) is 1.67. The number of rotatable bonds is 8. The van der Waals surface area contributed by atoms with Crippen molar-refractivity contribution in [1.29, 1.82) is 0 Å². The van der Waals surface area contributed by atoms with Crippen LogP contribution in [0.4, 0.5) is 11.6 Å². The van der Waals surface area contributed by atoms with Crippen molar-refractivity contribution in [2.75, 3.05) is 30.9 Å². The first-order chi connectivity index (χ1) is 8.72. The van der Waals surface area contributed by atoms with Crippen molar-refractivity contribution in [2.24, 2.45) is 0 Å². The van der Waals surface area contributed by atoms with E-state index in [1.54, 1.807) is 7.11 Å². The first-order valence-electron chi connectivity index (χ1n) is 6.23. The fraction of sp³-hybridized carbons (Fsp3) is 0.667. The topological polar surface area (TPSA) is 79.3 Å². The van der Waals surface area contributed by atoms with E-state index in [0.717, 1.165) is 19.4 Å². The molecule has 0 saturated heterocycles. The second kappa shape index (κ2) is 7.71. The molecule has 1 rings (SSSR count). The fourth-order valence-electron chi connectivity index (χ4n) is 1.67. The van der Waals surface area contributed by atoms with E-state index >= 15 is 0 Å². The minimum Gasteiger partial charge on any atom is -0.490 e. The summed E-state index contributed by atoms with van der Waals surface area (Å²) in [4.78, 5) is 8.33. The number of ether oxygens (including phenoxy) is 1. The Balaban J connectivity index is 2.77. The second-order valence-corrected chi connectivity index (χ2v) is 4.05. The van der Waals surface area contributed by atoms with E-state index in [4.69, 9.17) is 9.84 Å². The van der Waals surface area contributed by atoms with E-state index in [2.05, 4.69) is 20.6 Å². The molecule has 0 spiro atoms. The standard InChI is InChI=1S/C12H22N4O2/c1-4-13-11-10(18-3)12(15-8-14-11)16-9(2)6-5-7-17/h8-9,17H,4-7H2,1-3H3,(H2,13,14,15,16). The number of hydrogen-bond acceptors (Lipinski definition) is 6. The van der Waals surface area contributed by atoms with Crippen LogP contribution in [0, 0.1) is 0 Å². The molecule has 18 heavy (non-hydrogen) atoms. The molecule has 0 fully saturated rings. The van der Waals surface area contributed by atoms with E-state index in [9.17, 15) is 0 Å². The van der Waals surface area contributed by atoms with Crippen LogP contribution >= 0.6 is 0 Å². The molecule has 6 heteroatoms. The Morgan fingerprint density at radius 2 is 2.11 bits per heavy atom. The van der Waals surface area contributed by atoms with Crippen molar-refractivity contribution in [1.82, 2.24) is 9.97 Å². The van der Waals surface area contributed by atoms with Crippen molar-refractivity contribution in [2.45, 2.75) is 32.7 Å². The van der Waals surface area contributed by atoms with Gasteiger partial charge in [-0.3, -0.25) is 0 Å². The average Bonchev–Trinajstić information content (AvgIpc) is 2.37.